The molecule has 0 saturated heterocycles. The van der Waals surface area contributed by atoms with Gasteiger partial charge in [-0.15, -0.1) is 11.3 Å². The van der Waals surface area contributed by atoms with Gasteiger partial charge in [0.05, 0.1) is 14.8 Å². The number of thiophene rings is 1. The van der Waals surface area contributed by atoms with E-state index < -0.39 is 30.1 Å². The quantitative estimate of drug-likeness (QED) is 0.396. The zero-order chi connectivity index (χ0) is 19.6. The van der Waals surface area contributed by atoms with Crippen molar-refractivity contribution >= 4 is 34.7 Å². The Balaban J connectivity index is 1.68. The minimum absolute atomic E-state index is 0.0735. The van der Waals surface area contributed by atoms with E-state index in [9.17, 15) is 22.8 Å². The zero-order valence-corrected chi connectivity index (χ0v) is 15.0. The summed E-state index contributed by atoms with van der Waals surface area (Å²) in [7, 11) is 0. The minimum atomic E-state index is -4.49. The number of carbonyl (C=O) groups is 2. The van der Waals surface area contributed by atoms with E-state index in [0.29, 0.717) is 9.21 Å². The highest BCUT2D eigenvalue weighted by atomic mass is 35.5. The normalized spacial score (nSPS) is 11.4. The molecule has 0 fully saturated rings. The number of halogens is 4. The highest BCUT2D eigenvalue weighted by Crippen LogP contribution is 2.32. The third-order valence-electron chi connectivity index (χ3n) is 3.46. The Kier molecular flexibility index (Phi) is 5.38. The molecule has 0 bridgehead atoms. The van der Waals surface area contributed by atoms with Gasteiger partial charge in [0.2, 0.25) is 11.5 Å². The van der Waals surface area contributed by atoms with E-state index in [4.69, 9.17) is 20.8 Å². The van der Waals surface area contributed by atoms with Gasteiger partial charge in [-0.25, -0.2) is 4.79 Å². The highest BCUT2D eigenvalue weighted by molar-refractivity contribution is 7.18. The summed E-state index contributed by atoms with van der Waals surface area (Å²) >= 11 is 6.79. The lowest BCUT2D eigenvalue weighted by Gasteiger charge is -2.07. The summed E-state index contributed by atoms with van der Waals surface area (Å²) in [4.78, 5) is 24.2. The zero-order valence-electron chi connectivity index (χ0n) is 13.4. The molecule has 0 spiro atoms. The van der Waals surface area contributed by atoms with Crippen LogP contribution in [-0.2, 0) is 10.9 Å². The predicted octanol–water partition coefficient (Wildman–Crippen LogP) is 5.72. The molecule has 27 heavy (non-hydrogen) atoms. The Morgan fingerprint density at radius 1 is 1.11 bits per heavy atom. The number of ketones is 1. The molecule has 0 unspecified atom stereocenters. The van der Waals surface area contributed by atoms with Crippen molar-refractivity contribution in [2.45, 2.75) is 6.18 Å². The molecule has 0 aliphatic carbocycles. The van der Waals surface area contributed by atoms with Gasteiger partial charge in [-0.1, -0.05) is 23.7 Å². The van der Waals surface area contributed by atoms with E-state index >= 15 is 0 Å². The Hall–Kier alpha value is -2.58. The van der Waals surface area contributed by atoms with Gasteiger partial charge in [0.25, 0.3) is 0 Å². The van der Waals surface area contributed by atoms with Crippen molar-refractivity contribution in [2.75, 3.05) is 6.61 Å². The van der Waals surface area contributed by atoms with Crippen LogP contribution in [0.5, 0.6) is 0 Å². The second-order valence-electron chi connectivity index (χ2n) is 5.35. The smallest absolute Gasteiger partial charge is 0.416 e. The molecule has 140 valence electrons. The summed E-state index contributed by atoms with van der Waals surface area (Å²) in [5.74, 6) is -1.47. The molecule has 0 radical (unpaired) electrons. The number of Topliss-reactive ketones (excluding diaryl/α,β-unsaturated/α-hetero) is 1. The van der Waals surface area contributed by atoms with Gasteiger partial charge >= 0.3 is 12.1 Å². The summed E-state index contributed by atoms with van der Waals surface area (Å²) < 4.78 is 49.0. The fourth-order valence-electron chi connectivity index (χ4n) is 2.19. The molecule has 3 rings (SSSR count). The molecule has 2 aromatic heterocycles. The van der Waals surface area contributed by atoms with E-state index in [1.807, 2.05) is 0 Å². The molecular formula is C18H10ClF3O4S. The molecule has 0 saturated carbocycles. The molecule has 4 nitrogen and oxygen atoms in total. The molecule has 0 amide bonds. The van der Waals surface area contributed by atoms with Crippen LogP contribution < -0.4 is 0 Å². The van der Waals surface area contributed by atoms with Crippen LogP contribution in [0, 0.1) is 0 Å². The van der Waals surface area contributed by atoms with Crippen LogP contribution in [0.4, 0.5) is 13.2 Å². The maximum Gasteiger partial charge on any atom is 0.416 e. The van der Waals surface area contributed by atoms with Gasteiger partial charge < -0.3 is 9.15 Å². The van der Waals surface area contributed by atoms with Crippen molar-refractivity contribution in [1.82, 2.24) is 0 Å². The lowest BCUT2D eigenvalue weighted by Crippen LogP contribution is -2.12. The summed E-state index contributed by atoms with van der Waals surface area (Å²) in [5.41, 5.74) is -0.672. The average Bonchev–Trinajstić information content (AvgIpc) is 3.28. The summed E-state index contributed by atoms with van der Waals surface area (Å²) in [5, 5.41) is 0. The molecule has 0 atom stereocenters. The van der Waals surface area contributed by atoms with Gasteiger partial charge in [0.1, 0.15) is 5.76 Å². The summed E-state index contributed by atoms with van der Waals surface area (Å²) in [6.45, 7) is -0.505. The fourth-order valence-corrected chi connectivity index (χ4v) is 3.16. The molecule has 0 N–H and O–H groups in total. The van der Waals surface area contributed by atoms with Gasteiger partial charge in [-0.05, 0) is 36.4 Å². The lowest BCUT2D eigenvalue weighted by atomic mass is 10.1. The van der Waals surface area contributed by atoms with Crippen molar-refractivity contribution in [3.05, 3.63) is 69.1 Å². The SMILES string of the molecule is O=C(OCC(=O)c1ccc(Cl)s1)c1ccc(-c2cccc(C(F)(F)F)c2)o1. The van der Waals surface area contributed by atoms with Crippen molar-refractivity contribution < 1.29 is 31.9 Å². The first-order valence-corrected chi connectivity index (χ1v) is 8.66. The second kappa shape index (κ2) is 7.58. The maximum absolute atomic E-state index is 12.8. The van der Waals surface area contributed by atoms with Gasteiger partial charge in [-0.2, -0.15) is 13.2 Å². The number of esters is 1. The number of hydrogen-bond donors (Lipinski definition) is 0. The van der Waals surface area contributed by atoms with Crippen LogP contribution in [0.15, 0.2) is 52.9 Å². The third kappa shape index (κ3) is 4.58. The molecular weight excluding hydrogens is 405 g/mol. The Labute approximate surface area is 160 Å². The van der Waals surface area contributed by atoms with E-state index in [1.165, 1.54) is 30.3 Å². The number of benzene rings is 1. The van der Waals surface area contributed by atoms with Crippen LogP contribution in [0.2, 0.25) is 4.34 Å². The second-order valence-corrected chi connectivity index (χ2v) is 7.06. The van der Waals surface area contributed by atoms with Crippen molar-refractivity contribution in [3.63, 3.8) is 0 Å². The van der Waals surface area contributed by atoms with Crippen LogP contribution in [0.25, 0.3) is 11.3 Å². The third-order valence-corrected chi connectivity index (χ3v) is 4.74. The molecule has 0 aliphatic rings. The van der Waals surface area contributed by atoms with Crippen LogP contribution in [0.1, 0.15) is 25.8 Å². The first-order chi connectivity index (χ1) is 12.7. The number of hydrogen-bond acceptors (Lipinski definition) is 5. The Morgan fingerprint density at radius 3 is 2.56 bits per heavy atom. The first-order valence-electron chi connectivity index (χ1n) is 7.47. The van der Waals surface area contributed by atoms with Crippen LogP contribution in [-0.4, -0.2) is 18.4 Å². The topological polar surface area (TPSA) is 56.5 Å². The molecule has 3 aromatic rings. The van der Waals surface area contributed by atoms with Crippen LogP contribution >= 0.6 is 22.9 Å². The highest BCUT2D eigenvalue weighted by Gasteiger charge is 2.30. The molecule has 0 aliphatic heterocycles. The first kappa shape index (κ1) is 19.2. The Bertz CT molecular complexity index is 990. The molecule has 9 heteroatoms. The minimum Gasteiger partial charge on any atom is -0.451 e. The van der Waals surface area contributed by atoms with Gasteiger partial charge in [-0.3, -0.25) is 4.79 Å². The molecule has 2 heterocycles. The number of alkyl halides is 3. The standard InChI is InChI=1S/C18H10ClF3O4S/c19-16-7-6-15(27-16)12(23)9-25-17(24)14-5-4-13(26-14)10-2-1-3-11(8-10)18(20,21)22/h1-8H,9H2. The monoisotopic (exact) mass is 414 g/mol. The number of rotatable bonds is 5. The number of ether oxygens (including phenoxy) is 1. The average molecular weight is 415 g/mol. The van der Waals surface area contributed by atoms with E-state index in [0.717, 1.165) is 23.5 Å². The molecule has 1 aromatic carbocycles. The number of furan rings is 1. The maximum atomic E-state index is 12.8. The van der Waals surface area contributed by atoms with Gasteiger partial charge in [0, 0.05) is 5.56 Å². The predicted molar refractivity (Wildman–Crippen MR) is 93.1 cm³/mol. The van der Waals surface area contributed by atoms with Gasteiger partial charge in [0.15, 0.2) is 6.61 Å². The van der Waals surface area contributed by atoms with E-state index in [2.05, 4.69) is 0 Å². The summed E-state index contributed by atoms with van der Waals surface area (Å²) in [6, 6.07) is 10.2. The lowest BCUT2D eigenvalue weighted by molar-refractivity contribution is -0.137. The largest absolute Gasteiger partial charge is 0.451 e. The Morgan fingerprint density at radius 2 is 1.89 bits per heavy atom. The van der Waals surface area contributed by atoms with E-state index in [-0.39, 0.29) is 17.1 Å². The van der Waals surface area contributed by atoms with Crippen LogP contribution in [0.3, 0.4) is 0 Å². The van der Waals surface area contributed by atoms with Crippen molar-refractivity contribution in [1.29, 1.82) is 0 Å². The van der Waals surface area contributed by atoms with Crippen molar-refractivity contribution in [3.8, 4) is 11.3 Å². The van der Waals surface area contributed by atoms with E-state index in [1.54, 1.807) is 6.07 Å². The van der Waals surface area contributed by atoms with Crippen molar-refractivity contribution in [2.24, 2.45) is 0 Å². The number of carbonyl (C=O) groups excluding carboxylic acids is 2. The fraction of sp³-hybridized carbons (Fsp3) is 0.111. The summed E-state index contributed by atoms with van der Waals surface area (Å²) in [6.07, 6.45) is -4.49.